The predicted molar refractivity (Wildman–Crippen MR) is 129 cm³/mol. The second-order valence-corrected chi connectivity index (χ2v) is 7.96. The summed E-state index contributed by atoms with van der Waals surface area (Å²) in [7, 11) is 0. The van der Waals surface area contributed by atoms with Crippen LogP contribution in [0, 0.1) is 0 Å². The molecule has 7 nitrogen and oxygen atoms in total. The van der Waals surface area contributed by atoms with E-state index in [9.17, 15) is 14.4 Å². The van der Waals surface area contributed by atoms with Gasteiger partial charge in [0.2, 0.25) is 5.91 Å². The molecule has 3 aromatic rings. The first kappa shape index (κ1) is 22.1. The maximum absolute atomic E-state index is 12.8. The Morgan fingerprint density at radius 2 is 1.58 bits per heavy atom. The standard InChI is InChI=1S/C26H26N4O3/c1-18(27-25(32)20-7-5-10-23(17-20)30-16-6-11-24(30)31)19-12-14-22(15-13-19)29-26(33)28-21-8-3-2-4-9-21/h2-5,7-10,12-15,17-18H,6,11,16H2,1H3,(H,27,32)(H2,28,29,33). The Hall–Kier alpha value is -4.13. The molecule has 3 aromatic carbocycles. The highest BCUT2D eigenvalue weighted by Gasteiger charge is 2.22. The van der Waals surface area contributed by atoms with E-state index in [1.807, 2.05) is 55.5 Å². The van der Waals surface area contributed by atoms with Crippen LogP contribution in [0.3, 0.4) is 0 Å². The van der Waals surface area contributed by atoms with E-state index in [0.717, 1.165) is 17.7 Å². The molecule has 1 aliphatic rings. The third-order valence-electron chi connectivity index (χ3n) is 5.54. The maximum atomic E-state index is 12.8. The van der Waals surface area contributed by atoms with Crippen LogP contribution in [0.15, 0.2) is 78.9 Å². The maximum Gasteiger partial charge on any atom is 0.323 e. The molecule has 1 unspecified atom stereocenters. The van der Waals surface area contributed by atoms with Gasteiger partial charge in [0.15, 0.2) is 0 Å². The molecule has 3 N–H and O–H groups in total. The van der Waals surface area contributed by atoms with Crippen molar-refractivity contribution in [2.45, 2.75) is 25.8 Å². The van der Waals surface area contributed by atoms with E-state index in [4.69, 9.17) is 0 Å². The van der Waals surface area contributed by atoms with Crippen LogP contribution in [-0.4, -0.2) is 24.4 Å². The van der Waals surface area contributed by atoms with Gasteiger partial charge in [0, 0.05) is 35.6 Å². The average molecular weight is 443 g/mol. The summed E-state index contributed by atoms with van der Waals surface area (Å²) in [6.07, 6.45) is 1.39. The van der Waals surface area contributed by atoms with E-state index in [0.29, 0.717) is 29.9 Å². The zero-order chi connectivity index (χ0) is 23.2. The first-order chi connectivity index (χ1) is 16.0. The first-order valence-electron chi connectivity index (χ1n) is 10.9. The molecule has 1 fully saturated rings. The average Bonchev–Trinajstić information content (AvgIpc) is 3.26. The number of carbonyl (C=O) groups excluding carboxylic acids is 3. The molecule has 4 rings (SSSR count). The Balaban J connectivity index is 1.34. The highest BCUT2D eigenvalue weighted by atomic mass is 16.2. The molecule has 4 amide bonds. The van der Waals surface area contributed by atoms with Crippen LogP contribution in [-0.2, 0) is 4.79 Å². The van der Waals surface area contributed by atoms with Gasteiger partial charge in [-0.15, -0.1) is 0 Å². The summed E-state index contributed by atoms with van der Waals surface area (Å²) >= 11 is 0. The molecule has 1 saturated heterocycles. The number of nitrogens with one attached hydrogen (secondary N) is 3. The molecular formula is C26H26N4O3. The van der Waals surface area contributed by atoms with Crippen molar-refractivity contribution in [3.05, 3.63) is 90.0 Å². The summed E-state index contributed by atoms with van der Waals surface area (Å²) in [6.45, 7) is 2.58. The molecule has 0 radical (unpaired) electrons. The van der Waals surface area contributed by atoms with Gasteiger partial charge in [-0.1, -0.05) is 36.4 Å². The second kappa shape index (κ2) is 9.99. The molecule has 7 heteroatoms. The zero-order valence-electron chi connectivity index (χ0n) is 18.4. The van der Waals surface area contributed by atoms with Crippen LogP contribution in [0.4, 0.5) is 21.9 Å². The van der Waals surface area contributed by atoms with Crippen molar-refractivity contribution in [2.75, 3.05) is 22.1 Å². The Kier molecular flexibility index (Phi) is 6.69. The van der Waals surface area contributed by atoms with Crippen LogP contribution in [0.2, 0.25) is 0 Å². The van der Waals surface area contributed by atoms with E-state index < -0.39 is 0 Å². The molecule has 33 heavy (non-hydrogen) atoms. The van der Waals surface area contributed by atoms with Gasteiger partial charge in [-0.05, 0) is 61.4 Å². The normalized spacial score (nSPS) is 14.0. The molecule has 0 aliphatic carbocycles. The van der Waals surface area contributed by atoms with E-state index in [1.54, 1.807) is 35.2 Å². The third kappa shape index (κ3) is 5.57. The van der Waals surface area contributed by atoms with Crippen LogP contribution < -0.4 is 20.9 Å². The van der Waals surface area contributed by atoms with Crippen molar-refractivity contribution >= 4 is 34.9 Å². The highest BCUT2D eigenvalue weighted by Crippen LogP contribution is 2.23. The number of benzene rings is 3. The quantitative estimate of drug-likeness (QED) is 0.505. The summed E-state index contributed by atoms with van der Waals surface area (Å²) < 4.78 is 0. The largest absolute Gasteiger partial charge is 0.346 e. The molecule has 1 aliphatic heterocycles. The summed E-state index contributed by atoms with van der Waals surface area (Å²) in [5, 5.41) is 8.55. The van der Waals surface area contributed by atoms with Crippen molar-refractivity contribution in [1.82, 2.24) is 5.32 Å². The fraction of sp³-hybridized carbons (Fsp3) is 0.192. The lowest BCUT2D eigenvalue weighted by Crippen LogP contribution is -2.28. The predicted octanol–water partition coefficient (Wildman–Crippen LogP) is 4.95. The van der Waals surface area contributed by atoms with E-state index in [2.05, 4.69) is 16.0 Å². The summed E-state index contributed by atoms with van der Waals surface area (Å²) in [5.74, 6) is -0.118. The van der Waals surface area contributed by atoms with Gasteiger partial charge in [-0.2, -0.15) is 0 Å². The Labute approximate surface area is 192 Å². The van der Waals surface area contributed by atoms with Crippen molar-refractivity contribution in [2.24, 2.45) is 0 Å². The smallest absolute Gasteiger partial charge is 0.323 e. The third-order valence-corrected chi connectivity index (χ3v) is 5.54. The molecule has 168 valence electrons. The van der Waals surface area contributed by atoms with Crippen molar-refractivity contribution in [1.29, 1.82) is 0 Å². The molecule has 1 heterocycles. The number of hydrogen-bond acceptors (Lipinski definition) is 3. The molecule has 0 saturated carbocycles. The SMILES string of the molecule is CC(NC(=O)c1cccc(N2CCCC2=O)c1)c1ccc(NC(=O)Nc2ccccc2)cc1. The number of hydrogen-bond donors (Lipinski definition) is 3. The molecule has 0 bridgehead atoms. The van der Waals surface area contributed by atoms with Gasteiger partial charge in [0.05, 0.1) is 6.04 Å². The molecule has 1 atom stereocenters. The number of amides is 4. The van der Waals surface area contributed by atoms with Gasteiger partial charge in [-0.25, -0.2) is 4.79 Å². The van der Waals surface area contributed by atoms with Crippen molar-refractivity contribution in [3.63, 3.8) is 0 Å². The number of urea groups is 1. The number of anilines is 3. The van der Waals surface area contributed by atoms with Gasteiger partial charge < -0.3 is 20.9 Å². The van der Waals surface area contributed by atoms with Crippen LogP contribution in [0.25, 0.3) is 0 Å². The highest BCUT2D eigenvalue weighted by molar-refractivity contribution is 6.00. The second-order valence-electron chi connectivity index (χ2n) is 7.96. The minimum absolute atomic E-state index is 0.0899. The number of carbonyl (C=O) groups is 3. The number of rotatable bonds is 6. The Bertz CT molecular complexity index is 1150. The first-order valence-corrected chi connectivity index (χ1v) is 10.9. The fourth-order valence-electron chi connectivity index (χ4n) is 3.77. The lowest BCUT2D eigenvalue weighted by atomic mass is 10.1. The van der Waals surface area contributed by atoms with Gasteiger partial charge in [0.1, 0.15) is 0 Å². The minimum atomic E-state index is -0.327. The van der Waals surface area contributed by atoms with E-state index >= 15 is 0 Å². The van der Waals surface area contributed by atoms with Crippen LogP contribution >= 0.6 is 0 Å². The fourth-order valence-corrected chi connectivity index (χ4v) is 3.77. The van der Waals surface area contributed by atoms with Crippen molar-refractivity contribution < 1.29 is 14.4 Å². The van der Waals surface area contributed by atoms with E-state index in [-0.39, 0.29) is 23.9 Å². The van der Waals surface area contributed by atoms with Gasteiger partial charge in [-0.3, -0.25) is 9.59 Å². The summed E-state index contributed by atoms with van der Waals surface area (Å²) in [6, 6.07) is 23.1. The Morgan fingerprint density at radius 1 is 0.879 bits per heavy atom. The topological polar surface area (TPSA) is 90.5 Å². The number of para-hydroxylation sites is 1. The van der Waals surface area contributed by atoms with Gasteiger partial charge in [0.25, 0.3) is 5.91 Å². The molecule has 0 aromatic heterocycles. The van der Waals surface area contributed by atoms with E-state index in [1.165, 1.54) is 0 Å². The van der Waals surface area contributed by atoms with Crippen LogP contribution in [0.1, 0.15) is 41.7 Å². The monoisotopic (exact) mass is 442 g/mol. The number of nitrogens with zero attached hydrogens (tertiary/aromatic N) is 1. The summed E-state index contributed by atoms with van der Waals surface area (Å²) in [4.78, 5) is 38.6. The summed E-state index contributed by atoms with van der Waals surface area (Å²) in [5.41, 5.74) is 3.52. The lowest BCUT2D eigenvalue weighted by Gasteiger charge is -2.18. The Morgan fingerprint density at radius 3 is 2.24 bits per heavy atom. The van der Waals surface area contributed by atoms with Gasteiger partial charge >= 0.3 is 6.03 Å². The molecule has 0 spiro atoms. The molecular weight excluding hydrogens is 416 g/mol. The van der Waals surface area contributed by atoms with Crippen LogP contribution in [0.5, 0.6) is 0 Å². The van der Waals surface area contributed by atoms with Crippen molar-refractivity contribution in [3.8, 4) is 0 Å². The lowest BCUT2D eigenvalue weighted by molar-refractivity contribution is -0.117. The zero-order valence-corrected chi connectivity index (χ0v) is 18.4. The minimum Gasteiger partial charge on any atom is -0.346 e.